The fraction of sp³-hybridized carbons (Fsp3) is 0.400. The Balaban J connectivity index is 0.00000405. The Hall–Kier alpha value is -3.25. The van der Waals surface area contributed by atoms with Crippen molar-refractivity contribution in [2.45, 2.75) is 43.1 Å². The highest BCUT2D eigenvalue weighted by molar-refractivity contribution is 7.93. The molecule has 0 spiro atoms. The largest absolute Gasteiger partial charge is 0.491 e. The zero-order valence-corrected chi connectivity index (χ0v) is 25.5. The van der Waals surface area contributed by atoms with Gasteiger partial charge in [0.1, 0.15) is 17.0 Å². The van der Waals surface area contributed by atoms with Gasteiger partial charge in [-0.3, -0.25) is 4.79 Å². The summed E-state index contributed by atoms with van der Waals surface area (Å²) in [6, 6.07) is 14.9. The van der Waals surface area contributed by atoms with Crippen LogP contribution in [0.2, 0.25) is 0 Å². The van der Waals surface area contributed by atoms with Crippen molar-refractivity contribution in [1.29, 1.82) is 0 Å². The summed E-state index contributed by atoms with van der Waals surface area (Å²) in [5.41, 5.74) is -1.33. The van der Waals surface area contributed by atoms with Crippen molar-refractivity contribution in [3.8, 4) is 11.6 Å². The number of aromatic nitrogens is 1. The second kappa shape index (κ2) is 12.9. The third-order valence-electron chi connectivity index (χ3n) is 7.53. The molecule has 3 aromatic rings. The predicted octanol–water partition coefficient (Wildman–Crippen LogP) is 4.15. The minimum Gasteiger partial charge on any atom is -0.491 e. The highest BCUT2D eigenvalue weighted by atomic mass is 35.5. The average Bonchev–Trinajstić information content (AvgIpc) is 3.21. The van der Waals surface area contributed by atoms with E-state index in [0.29, 0.717) is 18.7 Å². The lowest BCUT2D eigenvalue weighted by molar-refractivity contribution is -0.121. The highest BCUT2D eigenvalue weighted by Gasteiger charge is 2.58. The lowest BCUT2D eigenvalue weighted by Gasteiger charge is -2.31. The molecule has 1 N–H and O–H groups in total. The van der Waals surface area contributed by atoms with E-state index in [4.69, 9.17) is 9.47 Å². The number of carbonyl (C=O) groups excluding carboxylic acids is 1. The second-order valence-electron chi connectivity index (χ2n) is 10.5. The summed E-state index contributed by atoms with van der Waals surface area (Å²) in [5.74, 6) is -0.657. The number of piperazine rings is 1. The van der Waals surface area contributed by atoms with Crippen LogP contribution in [0.4, 0.5) is 10.1 Å². The van der Waals surface area contributed by atoms with Gasteiger partial charge in [0.05, 0.1) is 29.5 Å². The Labute approximate surface area is 252 Å². The number of anilines is 1. The molecule has 1 saturated heterocycles. The summed E-state index contributed by atoms with van der Waals surface area (Å²) >= 11 is 0. The van der Waals surface area contributed by atoms with Gasteiger partial charge in [0, 0.05) is 37.8 Å². The molecule has 42 heavy (non-hydrogen) atoms. The first-order valence-electron chi connectivity index (χ1n) is 13.8. The fourth-order valence-corrected chi connectivity index (χ4v) is 7.10. The second-order valence-corrected chi connectivity index (χ2v) is 12.3. The fourth-order valence-electron chi connectivity index (χ4n) is 5.63. The summed E-state index contributed by atoms with van der Waals surface area (Å²) in [6.45, 7) is 7.87. The van der Waals surface area contributed by atoms with Gasteiger partial charge in [-0.2, -0.15) is 4.31 Å². The number of rotatable bonds is 10. The molecular weight excluding hydrogens is 583 g/mol. The lowest BCUT2D eigenvalue weighted by atomic mass is 9.74. The van der Waals surface area contributed by atoms with Crippen molar-refractivity contribution in [1.82, 2.24) is 15.2 Å². The van der Waals surface area contributed by atoms with Crippen LogP contribution < -0.4 is 19.1 Å². The molecule has 1 amide bonds. The maximum Gasteiger partial charge on any atom is 0.271 e. The van der Waals surface area contributed by atoms with Gasteiger partial charge < -0.3 is 19.7 Å². The topological polar surface area (TPSA) is 101 Å². The van der Waals surface area contributed by atoms with Crippen LogP contribution in [0.1, 0.15) is 37.9 Å². The molecule has 1 fully saturated rings. The van der Waals surface area contributed by atoms with E-state index < -0.39 is 27.2 Å². The zero-order chi connectivity index (χ0) is 29.2. The maximum absolute atomic E-state index is 15.6. The number of halogens is 2. The zero-order valence-electron chi connectivity index (χ0n) is 23.9. The third-order valence-corrected chi connectivity index (χ3v) is 9.24. The normalized spacial score (nSPS) is 19.0. The number of amides is 1. The number of nitrogens with one attached hydrogen (secondary N) is 1. The molecule has 0 saturated carbocycles. The number of fused-ring (bicyclic) bond motifs is 1. The molecule has 1 unspecified atom stereocenters. The summed E-state index contributed by atoms with van der Waals surface area (Å²) in [4.78, 5) is 21.4. The van der Waals surface area contributed by atoms with E-state index in [9.17, 15) is 13.2 Å². The quantitative estimate of drug-likeness (QED) is 0.362. The molecule has 0 aliphatic carbocycles. The minimum absolute atomic E-state index is 0. The molecule has 9 nitrogen and oxygen atoms in total. The first-order valence-corrected chi connectivity index (χ1v) is 15.2. The SMILES string of the molecule is COc1ccc2c(n1)C(CCCN1CCNCC1)(c1ccccc1F)C(=O)N2S(=O)(=O)c1ccc(OC(C)C)cc1.Cl. The third kappa shape index (κ3) is 5.83. The first kappa shape index (κ1) is 31.7. The molecule has 2 aliphatic rings. The van der Waals surface area contributed by atoms with Crippen molar-refractivity contribution >= 4 is 34.0 Å². The van der Waals surface area contributed by atoms with E-state index in [0.717, 1.165) is 30.5 Å². The maximum atomic E-state index is 15.6. The average molecular weight is 619 g/mol. The van der Waals surface area contributed by atoms with Crippen LogP contribution in [0.3, 0.4) is 0 Å². The standard InChI is InChI=1S/C30H35FN4O5S.ClH/c1-21(2)40-22-9-11-23(12-10-22)41(37,38)35-26-13-14-27(39-3)33-28(26)30(29(35)36,24-7-4-5-8-25(24)31)15-6-18-34-19-16-32-17-20-34;/h4-5,7-14,21,32H,6,15-20H2,1-3H3;1H. The van der Waals surface area contributed by atoms with Gasteiger partial charge in [0.15, 0.2) is 0 Å². The van der Waals surface area contributed by atoms with E-state index >= 15 is 4.39 Å². The van der Waals surface area contributed by atoms with E-state index in [1.165, 1.54) is 43.5 Å². The van der Waals surface area contributed by atoms with Crippen molar-refractivity contribution in [3.63, 3.8) is 0 Å². The number of benzene rings is 2. The summed E-state index contributed by atoms with van der Waals surface area (Å²) in [7, 11) is -2.96. The number of hydrogen-bond donors (Lipinski definition) is 1. The van der Waals surface area contributed by atoms with Crippen molar-refractivity contribution in [2.75, 3.05) is 44.1 Å². The molecule has 3 heterocycles. The van der Waals surface area contributed by atoms with Crippen molar-refractivity contribution in [3.05, 3.63) is 77.7 Å². The molecule has 2 aliphatic heterocycles. The van der Waals surface area contributed by atoms with Crippen LogP contribution in [0, 0.1) is 5.82 Å². The van der Waals surface area contributed by atoms with E-state index in [1.807, 2.05) is 13.8 Å². The number of pyridine rings is 1. The Morgan fingerprint density at radius 2 is 1.74 bits per heavy atom. The van der Waals surface area contributed by atoms with Crippen LogP contribution in [-0.2, 0) is 20.2 Å². The molecular formula is C30H36ClFN4O5S. The lowest BCUT2D eigenvalue weighted by Crippen LogP contribution is -2.46. The van der Waals surface area contributed by atoms with Crippen LogP contribution in [-0.4, -0.2) is 70.1 Å². The van der Waals surface area contributed by atoms with E-state index in [2.05, 4.69) is 15.2 Å². The smallest absolute Gasteiger partial charge is 0.271 e. The molecule has 12 heteroatoms. The van der Waals surface area contributed by atoms with E-state index in [1.54, 1.807) is 24.3 Å². The van der Waals surface area contributed by atoms with Crippen LogP contribution in [0.15, 0.2) is 65.6 Å². The summed E-state index contributed by atoms with van der Waals surface area (Å²) < 4.78 is 55.6. The van der Waals surface area contributed by atoms with Crippen LogP contribution >= 0.6 is 12.4 Å². The van der Waals surface area contributed by atoms with Crippen LogP contribution in [0.5, 0.6) is 11.6 Å². The molecule has 0 radical (unpaired) electrons. The van der Waals surface area contributed by atoms with Gasteiger partial charge in [0.2, 0.25) is 5.88 Å². The Morgan fingerprint density at radius 3 is 2.38 bits per heavy atom. The van der Waals surface area contributed by atoms with Gasteiger partial charge in [-0.15, -0.1) is 12.4 Å². The number of hydrogen-bond acceptors (Lipinski definition) is 8. The number of ether oxygens (including phenoxy) is 2. The number of carbonyl (C=O) groups is 1. The highest BCUT2D eigenvalue weighted by Crippen LogP contribution is 2.51. The Bertz CT molecular complexity index is 1520. The summed E-state index contributed by atoms with van der Waals surface area (Å²) in [5, 5.41) is 3.32. The van der Waals surface area contributed by atoms with Crippen molar-refractivity contribution < 1.29 is 27.1 Å². The van der Waals surface area contributed by atoms with Gasteiger partial charge in [-0.1, -0.05) is 18.2 Å². The van der Waals surface area contributed by atoms with Gasteiger partial charge in [-0.25, -0.2) is 17.8 Å². The molecule has 226 valence electrons. The molecule has 5 rings (SSSR count). The summed E-state index contributed by atoms with van der Waals surface area (Å²) in [6.07, 6.45) is 0.595. The first-order chi connectivity index (χ1) is 19.7. The molecule has 2 aromatic carbocycles. The van der Waals surface area contributed by atoms with Gasteiger partial charge in [-0.05, 0) is 69.6 Å². The molecule has 0 bridgehead atoms. The minimum atomic E-state index is -4.40. The predicted molar refractivity (Wildman–Crippen MR) is 161 cm³/mol. The Kier molecular flexibility index (Phi) is 9.77. The number of sulfonamides is 1. The van der Waals surface area contributed by atoms with Crippen molar-refractivity contribution in [2.24, 2.45) is 0 Å². The van der Waals surface area contributed by atoms with Gasteiger partial charge >= 0.3 is 0 Å². The Morgan fingerprint density at radius 1 is 1.05 bits per heavy atom. The van der Waals surface area contributed by atoms with E-state index in [-0.39, 0.29) is 52.7 Å². The molecule has 1 atom stereocenters. The van der Waals surface area contributed by atoms with Crippen LogP contribution in [0.25, 0.3) is 0 Å². The monoisotopic (exact) mass is 618 g/mol. The van der Waals surface area contributed by atoms with Gasteiger partial charge in [0.25, 0.3) is 15.9 Å². The number of nitrogens with zero attached hydrogens (tertiary/aromatic N) is 3. The number of methoxy groups -OCH3 is 1. The molecule has 1 aromatic heterocycles.